The second-order valence-electron chi connectivity index (χ2n) is 2.93. The third kappa shape index (κ3) is 10.3. The summed E-state index contributed by atoms with van der Waals surface area (Å²) in [4.78, 5) is 0. The van der Waals surface area contributed by atoms with Gasteiger partial charge in [-0.2, -0.15) is 12.6 Å². The molecule has 0 amide bonds. The summed E-state index contributed by atoms with van der Waals surface area (Å²) in [6.45, 7) is 6.66. The van der Waals surface area contributed by atoms with Crippen LogP contribution in [-0.4, -0.2) is 31.9 Å². The average Bonchev–Trinajstić information content (AvgIpc) is 2.10. The van der Waals surface area contributed by atoms with Crippen molar-refractivity contribution >= 4 is 12.6 Å². The first kappa shape index (κ1) is 12.3. The normalized spacial score (nSPS) is 10.5. The Bertz CT molecular complexity index is 68.9. The van der Waals surface area contributed by atoms with Crippen LogP contribution < -0.4 is 10.6 Å². The van der Waals surface area contributed by atoms with Crippen molar-refractivity contribution in [1.82, 2.24) is 10.6 Å². The molecule has 3 heteroatoms. The van der Waals surface area contributed by atoms with Crippen molar-refractivity contribution in [3.8, 4) is 0 Å². The largest absolute Gasteiger partial charge is 0.317 e. The first-order valence-electron chi connectivity index (χ1n) is 4.94. The molecule has 0 radical (unpaired) electrons. The first-order chi connectivity index (χ1) is 5.91. The molecular formula is C9H22N2S. The van der Waals surface area contributed by atoms with Gasteiger partial charge in [0, 0.05) is 12.3 Å². The Hall–Kier alpha value is 0.270. The summed E-state index contributed by atoms with van der Waals surface area (Å²) >= 11 is 4.11. The zero-order valence-corrected chi connectivity index (χ0v) is 9.00. The minimum Gasteiger partial charge on any atom is -0.317 e. The topological polar surface area (TPSA) is 24.1 Å². The van der Waals surface area contributed by atoms with Gasteiger partial charge in [0.25, 0.3) is 0 Å². The predicted molar refractivity (Wildman–Crippen MR) is 59.1 cm³/mol. The Morgan fingerprint density at radius 2 is 1.50 bits per heavy atom. The van der Waals surface area contributed by atoms with Crippen LogP contribution in [0.1, 0.15) is 26.2 Å². The molecule has 74 valence electrons. The van der Waals surface area contributed by atoms with E-state index in [1.807, 2.05) is 0 Å². The van der Waals surface area contributed by atoms with Gasteiger partial charge >= 0.3 is 0 Å². The number of hydrogen-bond acceptors (Lipinski definition) is 3. The maximum absolute atomic E-state index is 4.11. The highest BCUT2D eigenvalue weighted by Crippen LogP contribution is 1.82. The monoisotopic (exact) mass is 190 g/mol. The van der Waals surface area contributed by atoms with Crippen LogP contribution in [0, 0.1) is 0 Å². The van der Waals surface area contributed by atoms with Gasteiger partial charge in [0.1, 0.15) is 0 Å². The van der Waals surface area contributed by atoms with Gasteiger partial charge in [0.05, 0.1) is 0 Å². The van der Waals surface area contributed by atoms with Gasteiger partial charge in [-0.25, -0.2) is 0 Å². The molecule has 0 aromatic carbocycles. The molecule has 0 saturated carbocycles. The van der Waals surface area contributed by atoms with E-state index in [1.165, 1.54) is 25.8 Å². The first-order valence-corrected chi connectivity index (χ1v) is 5.57. The molecule has 0 fully saturated rings. The molecule has 2 N–H and O–H groups in total. The molecule has 0 aromatic heterocycles. The highest BCUT2D eigenvalue weighted by molar-refractivity contribution is 7.80. The van der Waals surface area contributed by atoms with Crippen LogP contribution >= 0.6 is 12.6 Å². The standard InChI is InChI=1S/C9H22N2S/c1-2-3-5-10-6-4-7-11-8-9-12/h10-12H,2-9H2,1H3. The molecule has 0 aliphatic heterocycles. The minimum atomic E-state index is 0.934. The van der Waals surface area contributed by atoms with Crippen LogP contribution in [0.15, 0.2) is 0 Å². The Morgan fingerprint density at radius 1 is 0.917 bits per heavy atom. The second-order valence-corrected chi connectivity index (χ2v) is 3.38. The fourth-order valence-electron chi connectivity index (χ4n) is 0.969. The number of unbranched alkanes of at least 4 members (excludes halogenated alkanes) is 1. The molecule has 12 heavy (non-hydrogen) atoms. The van der Waals surface area contributed by atoms with Gasteiger partial charge in [-0.3, -0.25) is 0 Å². The average molecular weight is 190 g/mol. The lowest BCUT2D eigenvalue weighted by Gasteiger charge is -2.04. The number of hydrogen-bond donors (Lipinski definition) is 3. The Kier molecular flexibility index (Phi) is 11.5. The maximum atomic E-state index is 4.11. The van der Waals surface area contributed by atoms with Gasteiger partial charge in [0.2, 0.25) is 0 Å². The van der Waals surface area contributed by atoms with E-state index in [-0.39, 0.29) is 0 Å². The molecule has 2 nitrogen and oxygen atoms in total. The van der Waals surface area contributed by atoms with E-state index < -0.39 is 0 Å². The van der Waals surface area contributed by atoms with E-state index in [0.29, 0.717) is 0 Å². The Balaban J connectivity index is 2.73. The van der Waals surface area contributed by atoms with Crippen molar-refractivity contribution in [3.63, 3.8) is 0 Å². The highest BCUT2D eigenvalue weighted by atomic mass is 32.1. The maximum Gasteiger partial charge on any atom is 0.00397 e. The number of thiol groups is 1. The van der Waals surface area contributed by atoms with E-state index >= 15 is 0 Å². The third-order valence-corrected chi connectivity index (χ3v) is 1.93. The van der Waals surface area contributed by atoms with Crippen molar-refractivity contribution in [2.45, 2.75) is 26.2 Å². The van der Waals surface area contributed by atoms with Crippen LogP contribution in [0.4, 0.5) is 0 Å². The summed E-state index contributed by atoms with van der Waals surface area (Å²) in [5.41, 5.74) is 0. The van der Waals surface area contributed by atoms with Crippen LogP contribution in [-0.2, 0) is 0 Å². The number of nitrogens with one attached hydrogen (secondary N) is 2. The molecule has 0 rings (SSSR count). The molecule has 0 heterocycles. The summed E-state index contributed by atoms with van der Waals surface area (Å²) in [5, 5.41) is 6.71. The smallest absolute Gasteiger partial charge is 0.00397 e. The van der Waals surface area contributed by atoms with E-state index in [9.17, 15) is 0 Å². The minimum absolute atomic E-state index is 0.934. The molecule has 0 spiro atoms. The summed E-state index contributed by atoms with van der Waals surface area (Å²) in [7, 11) is 0. The van der Waals surface area contributed by atoms with Crippen molar-refractivity contribution in [1.29, 1.82) is 0 Å². The van der Waals surface area contributed by atoms with Crippen LogP contribution in [0.3, 0.4) is 0 Å². The third-order valence-electron chi connectivity index (χ3n) is 1.70. The fourth-order valence-corrected chi connectivity index (χ4v) is 1.13. The molecule has 0 bridgehead atoms. The summed E-state index contributed by atoms with van der Waals surface area (Å²) in [5.74, 6) is 0.934. The van der Waals surface area contributed by atoms with E-state index in [0.717, 1.165) is 25.4 Å². The van der Waals surface area contributed by atoms with Crippen molar-refractivity contribution in [2.75, 3.05) is 31.9 Å². The van der Waals surface area contributed by atoms with E-state index in [1.54, 1.807) is 0 Å². The van der Waals surface area contributed by atoms with Crippen LogP contribution in [0.5, 0.6) is 0 Å². The van der Waals surface area contributed by atoms with Crippen molar-refractivity contribution in [3.05, 3.63) is 0 Å². The number of rotatable bonds is 9. The zero-order chi connectivity index (χ0) is 9.07. The lowest BCUT2D eigenvalue weighted by Crippen LogP contribution is -2.23. The quantitative estimate of drug-likeness (QED) is 0.377. The predicted octanol–water partition coefficient (Wildman–Crippen LogP) is 1.29. The van der Waals surface area contributed by atoms with Crippen molar-refractivity contribution in [2.24, 2.45) is 0 Å². The van der Waals surface area contributed by atoms with Gasteiger partial charge in [-0.1, -0.05) is 13.3 Å². The molecule has 0 aromatic rings. The lowest BCUT2D eigenvalue weighted by atomic mass is 10.3. The molecule has 0 atom stereocenters. The highest BCUT2D eigenvalue weighted by Gasteiger charge is 1.87. The Morgan fingerprint density at radius 3 is 2.08 bits per heavy atom. The Labute approximate surface area is 81.9 Å². The molecule has 0 unspecified atom stereocenters. The zero-order valence-electron chi connectivity index (χ0n) is 8.10. The van der Waals surface area contributed by atoms with Gasteiger partial charge < -0.3 is 10.6 Å². The lowest BCUT2D eigenvalue weighted by molar-refractivity contribution is 0.590. The fraction of sp³-hybridized carbons (Fsp3) is 1.00. The van der Waals surface area contributed by atoms with Crippen molar-refractivity contribution < 1.29 is 0 Å². The van der Waals surface area contributed by atoms with Crippen LogP contribution in [0.25, 0.3) is 0 Å². The van der Waals surface area contributed by atoms with Gasteiger partial charge in [-0.05, 0) is 32.5 Å². The SMILES string of the molecule is CCCCNCCCNCCS. The summed E-state index contributed by atoms with van der Waals surface area (Å²) < 4.78 is 0. The van der Waals surface area contributed by atoms with Gasteiger partial charge in [-0.15, -0.1) is 0 Å². The van der Waals surface area contributed by atoms with Crippen LogP contribution in [0.2, 0.25) is 0 Å². The molecule has 0 aliphatic rings. The van der Waals surface area contributed by atoms with E-state index in [4.69, 9.17) is 0 Å². The summed E-state index contributed by atoms with van der Waals surface area (Å²) in [6, 6.07) is 0. The van der Waals surface area contributed by atoms with Gasteiger partial charge in [0.15, 0.2) is 0 Å². The molecule has 0 aliphatic carbocycles. The summed E-state index contributed by atoms with van der Waals surface area (Å²) in [6.07, 6.45) is 3.80. The van der Waals surface area contributed by atoms with E-state index in [2.05, 4.69) is 30.2 Å². The molecule has 0 saturated heterocycles. The molecular weight excluding hydrogens is 168 g/mol. The second kappa shape index (κ2) is 11.3.